The predicted molar refractivity (Wildman–Crippen MR) is 97.3 cm³/mol. The maximum Gasteiger partial charge on any atom is 0.230 e. The quantitative estimate of drug-likeness (QED) is 0.689. The highest BCUT2D eigenvalue weighted by atomic mass is 32.2. The molecule has 1 aliphatic carbocycles. The van der Waals surface area contributed by atoms with E-state index in [9.17, 15) is 4.79 Å². The zero-order valence-electron chi connectivity index (χ0n) is 13.9. The monoisotopic (exact) mass is 353 g/mol. The lowest BCUT2D eigenvalue weighted by atomic mass is 10.0. The van der Waals surface area contributed by atoms with Crippen LogP contribution in [0.1, 0.15) is 37.4 Å². The summed E-state index contributed by atoms with van der Waals surface area (Å²) < 4.78 is 1.82. The number of fused-ring (bicyclic) bond motifs is 1. The number of aromatic nitrogens is 4. The van der Waals surface area contributed by atoms with Crippen LogP contribution in [-0.4, -0.2) is 31.9 Å². The third-order valence-corrected chi connectivity index (χ3v) is 5.27. The van der Waals surface area contributed by atoms with Crippen molar-refractivity contribution in [2.75, 3.05) is 5.75 Å². The summed E-state index contributed by atoms with van der Waals surface area (Å²) in [6.07, 6.45) is 2.23. The molecule has 7 heteroatoms. The number of nitrogens with one attached hydrogen (secondary N) is 1. The molecule has 0 saturated heterocycles. The fourth-order valence-corrected chi connectivity index (χ4v) is 3.56. The van der Waals surface area contributed by atoms with Crippen LogP contribution >= 0.6 is 11.8 Å². The lowest BCUT2D eigenvalue weighted by Gasteiger charge is -2.15. The first-order chi connectivity index (χ1) is 12.2. The Morgan fingerprint density at radius 1 is 1.28 bits per heavy atom. The van der Waals surface area contributed by atoms with E-state index >= 15 is 0 Å². The van der Waals surface area contributed by atoms with Crippen LogP contribution in [0.15, 0.2) is 47.6 Å². The minimum absolute atomic E-state index is 0.0176. The molecule has 0 bridgehead atoms. The standard InChI is InChI=1S/C18H19N5OS/c1-12(14-7-6-13-4-2-3-5-15(13)10-14)19-17(24)11-25-18-20-21-22-23(18)16-8-9-16/h2-7,10,12,16H,8-9,11H2,1H3,(H,19,24). The number of amides is 1. The van der Waals surface area contributed by atoms with E-state index in [1.165, 1.54) is 22.5 Å². The Bertz CT molecular complexity index is 905. The molecule has 1 fully saturated rings. The molecule has 1 aliphatic rings. The molecule has 1 aromatic heterocycles. The van der Waals surface area contributed by atoms with Crippen LogP contribution in [0.5, 0.6) is 0 Å². The summed E-state index contributed by atoms with van der Waals surface area (Å²) >= 11 is 1.38. The van der Waals surface area contributed by atoms with E-state index in [1.54, 1.807) is 0 Å². The number of thioether (sulfide) groups is 1. The number of hydrogen-bond acceptors (Lipinski definition) is 5. The Balaban J connectivity index is 1.36. The van der Waals surface area contributed by atoms with Gasteiger partial charge in [0.1, 0.15) is 0 Å². The smallest absolute Gasteiger partial charge is 0.230 e. The number of hydrogen-bond donors (Lipinski definition) is 1. The van der Waals surface area contributed by atoms with Gasteiger partial charge in [-0.3, -0.25) is 4.79 Å². The van der Waals surface area contributed by atoms with Crippen molar-refractivity contribution in [2.45, 2.75) is 37.0 Å². The highest BCUT2D eigenvalue weighted by Crippen LogP contribution is 2.36. The molecule has 1 amide bonds. The van der Waals surface area contributed by atoms with Crippen molar-refractivity contribution in [3.8, 4) is 0 Å². The van der Waals surface area contributed by atoms with E-state index in [4.69, 9.17) is 0 Å². The average Bonchev–Trinajstić information content (AvgIpc) is 3.37. The van der Waals surface area contributed by atoms with Gasteiger partial charge in [-0.2, -0.15) is 0 Å². The molecule has 0 spiro atoms. The molecule has 1 N–H and O–H groups in total. The van der Waals surface area contributed by atoms with Gasteiger partial charge in [-0.15, -0.1) is 5.10 Å². The van der Waals surface area contributed by atoms with Crippen LogP contribution in [-0.2, 0) is 4.79 Å². The van der Waals surface area contributed by atoms with E-state index in [-0.39, 0.29) is 11.9 Å². The normalized spacial score (nSPS) is 15.2. The van der Waals surface area contributed by atoms with Crippen LogP contribution in [0.25, 0.3) is 10.8 Å². The summed E-state index contributed by atoms with van der Waals surface area (Å²) in [5.41, 5.74) is 1.10. The Morgan fingerprint density at radius 2 is 2.08 bits per heavy atom. The van der Waals surface area contributed by atoms with E-state index in [0.29, 0.717) is 11.8 Å². The first kappa shape index (κ1) is 16.1. The Hall–Kier alpha value is -2.41. The Labute approximate surface area is 150 Å². The second-order valence-corrected chi connectivity index (χ2v) is 7.26. The molecule has 128 valence electrons. The number of carbonyl (C=O) groups is 1. The summed E-state index contributed by atoms with van der Waals surface area (Å²) in [7, 11) is 0. The summed E-state index contributed by atoms with van der Waals surface area (Å²) in [6, 6.07) is 14.9. The number of carbonyl (C=O) groups excluding carboxylic acids is 1. The van der Waals surface area contributed by atoms with Crippen LogP contribution in [0.3, 0.4) is 0 Å². The zero-order valence-corrected chi connectivity index (χ0v) is 14.7. The van der Waals surface area contributed by atoms with Crippen molar-refractivity contribution >= 4 is 28.4 Å². The Morgan fingerprint density at radius 3 is 2.88 bits per heavy atom. The molecule has 0 radical (unpaired) electrons. The molecule has 6 nitrogen and oxygen atoms in total. The zero-order chi connectivity index (χ0) is 17.2. The van der Waals surface area contributed by atoms with Crippen molar-refractivity contribution in [3.05, 3.63) is 48.0 Å². The topological polar surface area (TPSA) is 72.7 Å². The van der Waals surface area contributed by atoms with Gasteiger partial charge < -0.3 is 5.32 Å². The highest BCUT2D eigenvalue weighted by Gasteiger charge is 2.28. The molecule has 1 saturated carbocycles. The van der Waals surface area contributed by atoms with Crippen molar-refractivity contribution in [1.82, 2.24) is 25.5 Å². The third kappa shape index (κ3) is 3.66. The van der Waals surface area contributed by atoms with Crippen molar-refractivity contribution in [3.63, 3.8) is 0 Å². The first-order valence-electron chi connectivity index (χ1n) is 8.39. The van der Waals surface area contributed by atoms with Crippen LogP contribution in [0, 0.1) is 0 Å². The fraction of sp³-hybridized carbons (Fsp3) is 0.333. The number of tetrazole rings is 1. The molecule has 2 aromatic carbocycles. The molecule has 1 heterocycles. The summed E-state index contributed by atoms with van der Waals surface area (Å²) in [4.78, 5) is 12.3. The summed E-state index contributed by atoms with van der Waals surface area (Å²) in [5, 5.41) is 17.9. The molecule has 0 aliphatic heterocycles. The SMILES string of the molecule is CC(NC(=O)CSc1nnnn1C1CC1)c1ccc2ccccc2c1. The minimum Gasteiger partial charge on any atom is -0.349 e. The van der Waals surface area contributed by atoms with Gasteiger partial charge in [0.25, 0.3) is 0 Å². The summed E-state index contributed by atoms with van der Waals surface area (Å²) in [6.45, 7) is 2.00. The molecular weight excluding hydrogens is 334 g/mol. The van der Waals surface area contributed by atoms with E-state index in [1.807, 2.05) is 23.7 Å². The third-order valence-electron chi connectivity index (χ3n) is 4.34. The molecular formula is C18H19N5OS. The second kappa shape index (κ2) is 6.84. The fourth-order valence-electron chi connectivity index (χ4n) is 2.80. The maximum atomic E-state index is 12.3. The van der Waals surface area contributed by atoms with Gasteiger partial charge in [0.15, 0.2) is 0 Å². The molecule has 3 aromatic rings. The van der Waals surface area contributed by atoms with Gasteiger partial charge in [-0.25, -0.2) is 4.68 Å². The van der Waals surface area contributed by atoms with Crippen molar-refractivity contribution < 1.29 is 4.79 Å². The number of benzene rings is 2. The van der Waals surface area contributed by atoms with E-state index in [2.05, 4.69) is 51.2 Å². The number of rotatable bonds is 6. The van der Waals surface area contributed by atoms with Gasteiger partial charge in [-0.1, -0.05) is 48.2 Å². The van der Waals surface area contributed by atoms with Gasteiger partial charge in [0, 0.05) is 0 Å². The first-order valence-corrected chi connectivity index (χ1v) is 9.38. The molecule has 1 unspecified atom stereocenters. The lowest BCUT2D eigenvalue weighted by Crippen LogP contribution is -2.28. The predicted octanol–water partition coefficient (Wildman–Crippen LogP) is 3.13. The van der Waals surface area contributed by atoms with Gasteiger partial charge in [0.05, 0.1) is 17.8 Å². The molecule has 1 atom stereocenters. The second-order valence-electron chi connectivity index (χ2n) is 6.32. The number of nitrogens with zero attached hydrogens (tertiary/aromatic N) is 4. The maximum absolute atomic E-state index is 12.3. The van der Waals surface area contributed by atoms with Gasteiger partial charge in [-0.05, 0) is 52.6 Å². The highest BCUT2D eigenvalue weighted by molar-refractivity contribution is 7.99. The minimum atomic E-state index is -0.0443. The van der Waals surface area contributed by atoms with Crippen LogP contribution in [0.2, 0.25) is 0 Å². The lowest BCUT2D eigenvalue weighted by molar-refractivity contribution is -0.119. The largest absolute Gasteiger partial charge is 0.349 e. The van der Waals surface area contributed by atoms with Gasteiger partial charge in [0.2, 0.25) is 11.1 Å². The van der Waals surface area contributed by atoms with Crippen molar-refractivity contribution in [2.24, 2.45) is 0 Å². The van der Waals surface area contributed by atoms with Gasteiger partial charge >= 0.3 is 0 Å². The molecule has 4 rings (SSSR count). The van der Waals surface area contributed by atoms with Crippen LogP contribution in [0.4, 0.5) is 0 Å². The summed E-state index contributed by atoms with van der Waals surface area (Å²) in [5.74, 6) is 0.293. The van der Waals surface area contributed by atoms with Crippen molar-refractivity contribution in [1.29, 1.82) is 0 Å². The van der Waals surface area contributed by atoms with E-state index < -0.39 is 0 Å². The molecule has 25 heavy (non-hydrogen) atoms. The van der Waals surface area contributed by atoms with Crippen LogP contribution < -0.4 is 5.32 Å². The Kier molecular flexibility index (Phi) is 4.40. The van der Waals surface area contributed by atoms with E-state index in [0.717, 1.165) is 23.6 Å². The average molecular weight is 353 g/mol.